The first-order valence-corrected chi connectivity index (χ1v) is 3.61. The smallest absolute Gasteiger partial charge is 0.109 e. The van der Waals surface area contributed by atoms with Gasteiger partial charge in [-0.25, -0.2) is 0 Å². The maximum absolute atomic E-state index is 8.59. The Morgan fingerprint density at radius 3 is 3.30 bits per heavy atom. The van der Waals surface area contributed by atoms with E-state index in [0.717, 1.165) is 18.6 Å². The Hall–Kier alpha value is -0.970. The van der Waals surface area contributed by atoms with Gasteiger partial charge < -0.3 is 4.74 Å². The second-order valence-electron chi connectivity index (χ2n) is 2.30. The van der Waals surface area contributed by atoms with Crippen molar-refractivity contribution in [2.75, 3.05) is 6.61 Å². The van der Waals surface area contributed by atoms with Gasteiger partial charge in [0.05, 0.1) is 12.7 Å². The van der Waals surface area contributed by atoms with Crippen LogP contribution in [0.3, 0.4) is 0 Å². The average Bonchev–Trinajstić information content (AvgIpc) is 2.36. The highest BCUT2D eigenvalue weighted by molar-refractivity contribution is 5.13. The minimum absolute atomic E-state index is 0.0277. The minimum Gasteiger partial charge on any atom is -0.497 e. The molecule has 0 radical (unpaired) electrons. The number of ether oxygens (including phenoxy) is 1. The van der Waals surface area contributed by atoms with Crippen LogP contribution in [-0.2, 0) is 4.74 Å². The van der Waals surface area contributed by atoms with E-state index in [1.807, 2.05) is 13.0 Å². The Balaban J connectivity index is 2.50. The summed E-state index contributed by atoms with van der Waals surface area (Å²) in [6.45, 7) is 2.61. The maximum atomic E-state index is 8.59. The molecular formula is C8H11NO. The highest BCUT2D eigenvalue weighted by Crippen LogP contribution is 2.25. The van der Waals surface area contributed by atoms with Gasteiger partial charge in [0.15, 0.2) is 0 Å². The first-order valence-electron chi connectivity index (χ1n) is 3.61. The minimum atomic E-state index is 0.0277. The molecule has 10 heavy (non-hydrogen) atoms. The van der Waals surface area contributed by atoms with Gasteiger partial charge in [0.1, 0.15) is 11.7 Å². The van der Waals surface area contributed by atoms with Crippen LogP contribution in [0.15, 0.2) is 11.8 Å². The van der Waals surface area contributed by atoms with Crippen LogP contribution in [0.25, 0.3) is 0 Å². The lowest BCUT2D eigenvalue weighted by Gasteiger charge is -2.06. The number of nitriles is 1. The van der Waals surface area contributed by atoms with E-state index in [1.165, 1.54) is 0 Å². The zero-order valence-electron chi connectivity index (χ0n) is 6.13. The topological polar surface area (TPSA) is 33.0 Å². The van der Waals surface area contributed by atoms with E-state index in [2.05, 4.69) is 6.07 Å². The standard InChI is InChI=1S/C8H11NO/c1-2-10-8-5-3-4-7(8)6-9/h5,7H,2-4H2,1H3. The van der Waals surface area contributed by atoms with E-state index >= 15 is 0 Å². The number of allylic oxidation sites excluding steroid dienone is 2. The molecule has 0 amide bonds. The van der Waals surface area contributed by atoms with Gasteiger partial charge in [-0.05, 0) is 25.8 Å². The molecule has 1 aliphatic carbocycles. The number of nitrogens with zero attached hydrogens (tertiary/aromatic N) is 1. The number of hydrogen-bond acceptors (Lipinski definition) is 2. The normalized spacial score (nSPS) is 23.6. The van der Waals surface area contributed by atoms with Crippen LogP contribution in [0.4, 0.5) is 0 Å². The van der Waals surface area contributed by atoms with Gasteiger partial charge in [-0.15, -0.1) is 0 Å². The van der Waals surface area contributed by atoms with Crippen LogP contribution >= 0.6 is 0 Å². The summed E-state index contributed by atoms with van der Waals surface area (Å²) in [7, 11) is 0. The largest absolute Gasteiger partial charge is 0.497 e. The van der Waals surface area contributed by atoms with Crippen LogP contribution < -0.4 is 0 Å². The molecule has 0 heterocycles. The molecule has 0 aromatic rings. The molecular weight excluding hydrogens is 126 g/mol. The van der Waals surface area contributed by atoms with Crippen molar-refractivity contribution < 1.29 is 4.74 Å². The van der Waals surface area contributed by atoms with Crippen LogP contribution in [-0.4, -0.2) is 6.61 Å². The van der Waals surface area contributed by atoms with Crippen LogP contribution in [0.5, 0.6) is 0 Å². The highest BCUT2D eigenvalue weighted by atomic mass is 16.5. The van der Waals surface area contributed by atoms with Gasteiger partial charge >= 0.3 is 0 Å². The molecule has 0 N–H and O–H groups in total. The molecule has 1 unspecified atom stereocenters. The van der Waals surface area contributed by atoms with Gasteiger partial charge in [0.25, 0.3) is 0 Å². The van der Waals surface area contributed by atoms with E-state index in [9.17, 15) is 0 Å². The predicted octanol–water partition coefficient (Wildman–Crippen LogP) is 1.84. The van der Waals surface area contributed by atoms with Crippen molar-refractivity contribution in [1.29, 1.82) is 5.26 Å². The van der Waals surface area contributed by atoms with Gasteiger partial charge in [-0.3, -0.25) is 0 Å². The van der Waals surface area contributed by atoms with Gasteiger partial charge in [0.2, 0.25) is 0 Å². The van der Waals surface area contributed by atoms with Crippen LogP contribution in [0.2, 0.25) is 0 Å². The Kier molecular flexibility index (Phi) is 2.33. The average molecular weight is 137 g/mol. The van der Waals surface area contributed by atoms with Gasteiger partial charge in [-0.1, -0.05) is 0 Å². The van der Waals surface area contributed by atoms with Gasteiger partial charge in [0, 0.05) is 0 Å². The quantitative estimate of drug-likeness (QED) is 0.581. The second kappa shape index (κ2) is 3.26. The molecule has 2 heteroatoms. The van der Waals surface area contributed by atoms with Crippen molar-refractivity contribution in [3.8, 4) is 6.07 Å². The van der Waals surface area contributed by atoms with Gasteiger partial charge in [-0.2, -0.15) is 5.26 Å². The number of rotatable bonds is 2. The Bertz CT molecular complexity index is 178. The fourth-order valence-corrected chi connectivity index (χ4v) is 1.13. The summed E-state index contributed by atoms with van der Waals surface area (Å²) < 4.78 is 5.24. The Morgan fingerprint density at radius 1 is 1.90 bits per heavy atom. The summed E-state index contributed by atoms with van der Waals surface area (Å²) in [5, 5.41) is 8.59. The van der Waals surface area contributed by atoms with E-state index < -0.39 is 0 Å². The van der Waals surface area contributed by atoms with Crippen molar-refractivity contribution in [2.24, 2.45) is 5.92 Å². The fraction of sp³-hybridized carbons (Fsp3) is 0.625. The zero-order chi connectivity index (χ0) is 7.40. The molecule has 0 aromatic heterocycles. The Morgan fingerprint density at radius 2 is 2.70 bits per heavy atom. The first-order chi connectivity index (χ1) is 4.88. The third-order valence-corrected chi connectivity index (χ3v) is 1.61. The summed E-state index contributed by atoms with van der Waals surface area (Å²) in [6, 6.07) is 2.21. The lowest BCUT2D eigenvalue weighted by molar-refractivity contribution is 0.209. The van der Waals surface area contributed by atoms with Crippen molar-refractivity contribution >= 4 is 0 Å². The van der Waals surface area contributed by atoms with E-state index in [4.69, 9.17) is 10.00 Å². The lowest BCUT2D eigenvalue weighted by Crippen LogP contribution is -1.99. The monoisotopic (exact) mass is 137 g/mol. The molecule has 0 aliphatic heterocycles. The third-order valence-electron chi connectivity index (χ3n) is 1.61. The molecule has 0 aromatic carbocycles. The molecule has 1 atom stereocenters. The number of hydrogen-bond donors (Lipinski definition) is 0. The summed E-state index contributed by atoms with van der Waals surface area (Å²) >= 11 is 0. The molecule has 0 spiro atoms. The molecule has 54 valence electrons. The summed E-state index contributed by atoms with van der Waals surface area (Å²) in [6.07, 6.45) is 3.94. The summed E-state index contributed by atoms with van der Waals surface area (Å²) in [5.74, 6) is 0.907. The second-order valence-corrected chi connectivity index (χ2v) is 2.30. The van der Waals surface area contributed by atoms with E-state index in [1.54, 1.807) is 0 Å². The van der Waals surface area contributed by atoms with Crippen molar-refractivity contribution in [3.05, 3.63) is 11.8 Å². The van der Waals surface area contributed by atoms with Crippen molar-refractivity contribution in [1.82, 2.24) is 0 Å². The molecule has 1 aliphatic rings. The molecule has 0 fully saturated rings. The van der Waals surface area contributed by atoms with Crippen LogP contribution in [0, 0.1) is 17.2 Å². The SMILES string of the molecule is CCOC1=CCCC1C#N. The third kappa shape index (κ3) is 1.30. The van der Waals surface area contributed by atoms with E-state index in [0.29, 0.717) is 6.61 Å². The maximum Gasteiger partial charge on any atom is 0.109 e. The van der Waals surface area contributed by atoms with E-state index in [-0.39, 0.29) is 5.92 Å². The van der Waals surface area contributed by atoms with Crippen molar-refractivity contribution in [2.45, 2.75) is 19.8 Å². The summed E-state index contributed by atoms with van der Waals surface area (Å²) in [4.78, 5) is 0. The lowest BCUT2D eigenvalue weighted by atomic mass is 10.1. The summed E-state index contributed by atoms with van der Waals surface area (Å²) in [5.41, 5.74) is 0. The van der Waals surface area contributed by atoms with Crippen molar-refractivity contribution in [3.63, 3.8) is 0 Å². The molecule has 0 saturated heterocycles. The first kappa shape index (κ1) is 7.14. The predicted molar refractivity (Wildman–Crippen MR) is 38.0 cm³/mol. The Labute approximate surface area is 61.1 Å². The fourth-order valence-electron chi connectivity index (χ4n) is 1.13. The molecule has 0 saturated carbocycles. The molecule has 0 bridgehead atoms. The zero-order valence-corrected chi connectivity index (χ0v) is 6.13. The van der Waals surface area contributed by atoms with Crippen LogP contribution in [0.1, 0.15) is 19.8 Å². The highest BCUT2D eigenvalue weighted by Gasteiger charge is 2.18. The molecule has 1 rings (SSSR count). The molecule has 2 nitrogen and oxygen atoms in total.